The number of rotatable bonds is 3. The molecule has 0 heterocycles. The van der Waals surface area contributed by atoms with Gasteiger partial charge in [-0.15, -0.1) is 0 Å². The second-order valence-electron chi connectivity index (χ2n) is 3.54. The second-order valence-corrected chi connectivity index (χ2v) is 3.54. The van der Waals surface area contributed by atoms with Crippen LogP contribution in [-0.2, 0) is 14.3 Å². The van der Waals surface area contributed by atoms with E-state index < -0.39 is 18.1 Å². The Morgan fingerprint density at radius 3 is 2.88 bits per heavy atom. The first-order valence-electron chi connectivity index (χ1n) is 5.38. The number of ether oxygens (including phenoxy) is 2. The van der Waals surface area contributed by atoms with Gasteiger partial charge in [-0.1, -0.05) is 6.08 Å². The largest absolute Gasteiger partial charge is 0.469 e. The van der Waals surface area contributed by atoms with Crippen molar-refractivity contribution >= 4 is 12.1 Å². The van der Waals surface area contributed by atoms with Crippen LogP contribution in [0.3, 0.4) is 0 Å². The molecule has 16 heavy (non-hydrogen) atoms. The van der Waals surface area contributed by atoms with Gasteiger partial charge in [-0.2, -0.15) is 0 Å². The van der Waals surface area contributed by atoms with E-state index in [0.717, 1.165) is 6.42 Å². The molecule has 0 radical (unpaired) electrons. The van der Waals surface area contributed by atoms with E-state index in [2.05, 4.69) is 10.1 Å². The van der Waals surface area contributed by atoms with Gasteiger partial charge in [0.1, 0.15) is 6.10 Å². The van der Waals surface area contributed by atoms with E-state index in [0.29, 0.717) is 13.0 Å². The van der Waals surface area contributed by atoms with Crippen molar-refractivity contribution in [3.05, 3.63) is 12.2 Å². The van der Waals surface area contributed by atoms with Gasteiger partial charge in [-0.25, -0.2) is 4.79 Å². The Hall–Kier alpha value is -1.52. The molecular weight excluding hydrogens is 210 g/mol. The lowest BCUT2D eigenvalue weighted by molar-refractivity contribution is -0.148. The van der Waals surface area contributed by atoms with Crippen molar-refractivity contribution in [2.24, 2.45) is 5.92 Å². The molecule has 1 amide bonds. The van der Waals surface area contributed by atoms with Gasteiger partial charge in [0.2, 0.25) is 0 Å². The normalized spacial score (nSPS) is 23.6. The molecule has 0 spiro atoms. The molecule has 5 nitrogen and oxygen atoms in total. The number of allylic oxidation sites excluding steroid dienone is 1. The van der Waals surface area contributed by atoms with E-state index in [1.807, 2.05) is 6.08 Å². The predicted molar refractivity (Wildman–Crippen MR) is 57.8 cm³/mol. The molecule has 0 aromatic heterocycles. The standard InChI is InChI=1S/C11H17NO4/c1-3-12-11(14)16-9-7-5-4-6-8(9)10(13)15-2/h5,7-9H,3-4,6H2,1-2H3,(H,12,14). The summed E-state index contributed by atoms with van der Waals surface area (Å²) in [4.78, 5) is 22.7. The highest BCUT2D eigenvalue weighted by molar-refractivity contribution is 5.75. The lowest BCUT2D eigenvalue weighted by atomic mass is 9.92. The van der Waals surface area contributed by atoms with Crippen molar-refractivity contribution in [3.8, 4) is 0 Å². The average molecular weight is 227 g/mol. The van der Waals surface area contributed by atoms with E-state index in [1.54, 1.807) is 13.0 Å². The first kappa shape index (κ1) is 12.5. The molecule has 0 aromatic rings. The zero-order chi connectivity index (χ0) is 12.0. The first-order valence-corrected chi connectivity index (χ1v) is 5.38. The van der Waals surface area contributed by atoms with Crippen LogP contribution in [0.1, 0.15) is 19.8 Å². The fourth-order valence-corrected chi connectivity index (χ4v) is 1.64. The van der Waals surface area contributed by atoms with Gasteiger partial charge in [-0.05, 0) is 25.8 Å². The zero-order valence-corrected chi connectivity index (χ0v) is 9.56. The van der Waals surface area contributed by atoms with Gasteiger partial charge in [0.25, 0.3) is 0 Å². The van der Waals surface area contributed by atoms with E-state index in [-0.39, 0.29) is 5.97 Å². The van der Waals surface area contributed by atoms with Crippen LogP contribution < -0.4 is 5.32 Å². The molecule has 0 fully saturated rings. The Morgan fingerprint density at radius 2 is 2.25 bits per heavy atom. The van der Waals surface area contributed by atoms with Crippen LogP contribution in [0.2, 0.25) is 0 Å². The highest BCUT2D eigenvalue weighted by Crippen LogP contribution is 2.22. The van der Waals surface area contributed by atoms with E-state index in [1.165, 1.54) is 7.11 Å². The first-order chi connectivity index (χ1) is 7.69. The average Bonchev–Trinajstić information content (AvgIpc) is 2.29. The third-order valence-electron chi connectivity index (χ3n) is 2.43. The van der Waals surface area contributed by atoms with Crippen molar-refractivity contribution in [2.75, 3.05) is 13.7 Å². The molecule has 1 aliphatic carbocycles. The van der Waals surface area contributed by atoms with Crippen molar-refractivity contribution in [2.45, 2.75) is 25.9 Å². The summed E-state index contributed by atoms with van der Waals surface area (Å²) in [5.41, 5.74) is 0. The van der Waals surface area contributed by atoms with Crippen molar-refractivity contribution in [1.82, 2.24) is 5.32 Å². The molecule has 1 N–H and O–H groups in total. The smallest absolute Gasteiger partial charge is 0.407 e. The predicted octanol–water partition coefficient (Wildman–Crippen LogP) is 1.24. The molecular formula is C11H17NO4. The van der Waals surface area contributed by atoms with E-state index in [9.17, 15) is 9.59 Å². The van der Waals surface area contributed by atoms with Crippen LogP contribution in [0.4, 0.5) is 4.79 Å². The van der Waals surface area contributed by atoms with Gasteiger partial charge < -0.3 is 14.8 Å². The Bertz CT molecular complexity index is 288. The minimum Gasteiger partial charge on any atom is -0.469 e. The lowest BCUT2D eigenvalue weighted by Crippen LogP contribution is -2.37. The number of esters is 1. The fraction of sp³-hybridized carbons (Fsp3) is 0.636. The monoisotopic (exact) mass is 227 g/mol. The van der Waals surface area contributed by atoms with Crippen molar-refractivity contribution in [1.29, 1.82) is 0 Å². The van der Waals surface area contributed by atoms with Crippen LogP contribution in [0.15, 0.2) is 12.2 Å². The third-order valence-corrected chi connectivity index (χ3v) is 2.43. The fourth-order valence-electron chi connectivity index (χ4n) is 1.64. The number of hydrogen-bond donors (Lipinski definition) is 1. The molecule has 0 aromatic carbocycles. The minimum absolute atomic E-state index is 0.335. The summed E-state index contributed by atoms with van der Waals surface area (Å²) in [6.07, 6.45) is 4.06. The maximum absolute atomic E-state index is 11.4. The Labute approximate surface area is 94.8 Å². The number of carbonyl (C=O) groups is 2. The topological polar surface area (TPSA) is 64.6 Å². The molecule has 1 rings (SSSR count). The summed E-state index contributed by atoms with van der Waals surface area (Å²) >= 11 is 0. The lowest BCUT2D eigenvalue weighted by Gasteiger charge is -2.25. The van der Waals surface area contributed by atoms with Gasteiger partial charge in [0.15, 0.2) is 0 Å². The number of nitrogens with one attached hydrogen (secondary N) is 1. The van der Waals surface area contributed by atoms with Crippen molar-refractivity contribution in [3.63, 3.8) is 0 Å². The van der Waals surface area contributed by atoms with Crippen molar-refractivity contribution < 1.29 is 19.1 Å². The molecule has 0 saturated heterocycles. The van der Waals surface area contributed by atoms with Gasteiger partial charge >= 0.3 is 12.1 Å². The highest BCUT2D eigenvalue weighted by Gasteiger charge is 2.31. The Balaban J connectivity index is 2.60. The second kappa shape index (κ2) is 6.15. The van der Waals surface area contributed by atoms with Crippen LogP contribution in [0, 0.1) is 5.92 Å². The minimum atomic E-state index is -0.521. The van der Waals surface area contributed by atoms with Gasteiger partial charge in [0, 0.05) is 6.54 Å². The summed E-state index contributed by atoms with van der Waals surface area (Å²) in [5.74, 6) is -0.726. The quantitative estimate of drug-likeness (QED) is 0.582. The molecule has 90 valence electrons. The number of hydrogen-bond acceptors (Lipinski definition) is 4. The van der Waals surface area contributed by atoms with E-state index >= 15 is 0 Å². The molecule has 1 aliphatic rings. The number of alkyl carbamates (subject to hydrolysis) is 1. The number of carbonyl (C=O) groups excluding carboxylic acids is 2. The maximum atomic E-state index is 11.4. The molecule has 2 atom stereocenters. The van der Waals surface area contributed by atoms with Crippen LogP contribution in [-0.4, -0.2) is 31.8 Å². The van der Waals surface area contributed by atoms with Crippen LogP contribution in [0.25, 0.3) is 0 Å². The molecule has 5 heteroatoms. The highest BCUT2D eigenvalue weighted by atomic mass is 16.6. The number of amides is 1. The van der Waals surface area contributed by atoms with E-state index in [4.69, 9.17) is 4.74 Å². The Morgan fingerprint density at radius 1 is 1.50 bits per heavy atom. The summed E-state index contributed by atoms with van der Waals surface area (Å²) in [6.45, 7) is 2.30. The zero-order valence-electron chi connectivity index (χ0n) is 9.56. The summed E-state index contributed by atoms with van der Waals surface area (Å²) in [6, 6.07) is 0. The van der Waals surface area contributed by atoms with Gasteiger partial charge in [-0.3, -0.25) is 4.79 Å². The SMILES string of the molecule is CCNC(=O)OC1C=CCCC1C(=O)OC. The maximum Gasteiger partial charge on any atom is 0.407 e. The summed E-state index contributed by atoms with van der Waals surface area (Å²) in [7, 11) is 1.34. The molecule has 2 unspecified atom stereocenters. The Kier molecular flexibility index (Phi) is 4.82. The molecule has 0 aliphatic heterocycles. The van der Waals surface area contributed by atoms with Gasteiger partial charge in [0.05, 0.1) is 13.0 Å². The van der Waals surface area contributed by atoms with Crippen LogP contribution >= 0.6 is 0 Å². The summed E-state index contributed by atoms with van der Waals surface area (Å²) < 4.78 is 9.81. The molecule has 0 saturated carbocycles. The number of methoxy groups -OCH3 is 1. The molecule has 0 bridgehead atoms. The third kappa shape index (κ3) is 3.25. The summed E-state index contributed by atoms with van der Waals surface area (Å²) in [5, 5.41) is 2.52. The van der Waals surface area contributed by atoms with Crippen LogP contribution in [0.5, 0.6) is 0 Å².